The van der Waals surface area contributed by atoms with Gasteiger partial charge in [-0.1, -0.05) is 6.07 Å². The summed E-state index contributed by atoms with van der Waals surface area (Å²) in [6, 6.07) is 11.0. The van der Waals surface area contributed by atoms with E-state index in [0.717, 1.165) is 12.1 Å². The lowest BCUT2D eigenvalue weighted by atomic mass is 10.1. The first-order chi connectivity index (χ1) is 12.8. The number of hydrogen-bond acceptors (Lipinski definition) is 5. The molecule has 27 heavy (non-hydrogen) atoms. The Labute approximate surface area is 158 Å². The van der Waals surface area contributed by atoms with E-state index in [9.17, 15) is 18.0 Å². The van der Waals surface area contributed by atoms with Gasteiger partial charge in [-0.25, -0.2) is 13.2 Å². The van der Waals surface area contributed by atoms with Crippen molar-refractivity contribution in [2.24, 2.45) is 0 Å². The Morgan fingerprint density at radius 2 is 1.85 bits per heavy atom. The molecule has 3 rings (SSSR count). The standard InChI is InChI=1S/C19H20N2O5S/c1-13-5-6-14(19(23)26-2)12-17(13)27(24,25)20-15-7-9-16(10-8-15)21-11-3-4-18(21)22/h5-10,12,20H,3-4,11H2,1-2H3. The van der Waals surface area contributed by atoms with E-state index < -0.39 is 16.0 Å². The van der Waals surface area contributed by atoms with Crippen LogP contribution in [0, 0.1) is 6.92 Å². The fraction of sp³-hybridized carbons (Fsp3) is 0.263. The Balaban J connectivity index is 1.84. The number of carbonyl (C=O) groups excluding carboxylic acids is 2. The highest BCUT2D eigenvalue weighted by Crippen LogP contribution is 2.25. The predicted molar refractivity (Wildman–Crippen MR) is 101 cm³/mol. The molecule has 1 aliphatic heterocycles. The topological polar surface area (TPSA) is 92.8 Å². The van der Waals surface area contributed by atoms with Crippen LogP contribution in [0.25, 0.3) is 0 Å². The smallest absolute Gasteiger partial charge is 0.337 e. The monoisotopic (exact) mass is 388 g/mol. The van der Waals surface area contributed by atoms with Crippen molar-refractivity contribution in [3.8, 4) is 0 Å². The molecule has 0 aromatic heterocycles. The number of rotatable bonds is 5. The van der Waals surface area contributed by atoms with E-state index >= 15 is 0 Å². The minimum atomic E-state index is -3.89. The van der Waals surface area contributed by atoms with E-state index in [0.29, 0.717) is 24.2 Å². The fourth-order valence-electron chi connectivity index (χ4n) is 2.98. The third kappa shape index (κ3) is 3.95. The predicted octanol–water partition coefficient (Wildman–Crippen LogP) is 2.71. The Bertz CT molecular complexity index is 984. The lowest BCUT2D eigenvalue weighted by Gasteiger charge is -2.16. The molecule has 1 saturated heterocycles. The summed E-state index contributed by atoms with van der Waals surface area (Å²) in [5, 5.41) is 0. The molecule has 2 aromatic carbocycles. The van der Waals surface area contributed by atoms with Gasteiger partial charge in [-0.15, -0.1) is 0 Å². The zero-order chi connectivity index (χ0) is 19.6. The first-order valence-corrected chi connectivity index (χ1v) is 9.92. The van der Waals surface area contributed by atoms with Crippen LogP contribution in [0.3, 0.4) is 0 Å². The van der Waals surface area contributed by atoms with Crippen molar-refractivity contribution in [2.75, 3.05) is 23.3 Å². The minimum absolute atomic E-state index is 0.00389. The van der Waals surface area contributed by atoms with Crippen LogP contribution in [0.2, 0.25) is 0 Å². The zero-order valence-corrected chi connectivity index (χ0v) is 15.9. The molecule has 1 heterocycles. The van der Waals surface area contributed by atoms with Crippen molar-refractivity contribution in [2.45, 2.75) is 24.7 Å². The SMILES string of the molecule is COC(=O)c1ccc(C)c(S(=O)(=O)Nc2ccc(N3CCCC3=O)cc2)c1. The van der Waals surface area contributed by atoms with Crippen LogP contribution < -0.4 is 9.62 Å². The number of esters is 1. The maximum Gasteiger partial charge on any atom is 0.337 e. The molecule has 142 valence electrons. The molecule has 0 unspecified atom stereocenters. The van der Waals surface area contributed by atoms with Gasteiger partial charge >= 0.3 is 5.97 Å². The van der Waals surface area contributed by atoms with E-state index in [-0.39, 0.29) is 16.4 Å². The van der Waals surface area contributed by atoms with Crippen LogP contribution in [-0.4, -0.2) is 33.9 Å². The lowest BCUT2D eigenvalue weighted by molar-refractivity contribution is -0.117. The molecule has 2 aromatic rings. The summed E-state index contributed by atoms with van der Waals surface area (Å²) >= 11 is 0. The molecule has 1 fully saturated rings. The molecule has 1 N–H and O–H groups in total. The van der Waals surface area contributed by atoms with Gasteiger partial charge in [-0.3, -0.25) is 9.52 Å². The van der Waals surface area contributed by atoms with Crippen LogP contribution in [0.1, 0.15) is 28.8 Å². The fourth-order valence-corrected chi connectivity index (χ4v) is 4.31. The summed E-state index contributed by atoms with van der Waals surface area (Å²) in [5.41, 5.74) is 1.78. The van der Waals surface area contributed by atoms with E-state index in [1.165, 1.54) is 19.2 Å². The number of hydrogen-bond donors (Lipinski definition) is 1. The molecule has 0 radical (unpaired) electrons. The van der Waals surface area contributed by atoms with Crippen LogP contribution >= 0.6 is 0 Å². The van der Waals surface area contributed by atoms with E-state index in [1.54, 1.807) is 42.2 Å². The summed E-state index contributed by atoms with van der Waals surface area (Å²) in [7, 11) is -2.65. The average molecular weight is 388 g/mol. The van der Waals surface area contributed by atoms with E-state index in [2.05, 4.69) is 9.46 Å². The highest BCUT2D eigenvalue weighted by atomic mass is 32.2. The Morgan fingerprint density at radius 1 is 1.15 bits per heavy atom. The van der Waals surface area contributed by atoms with Crippen LogP contribution in [0.4, 0.5) is 11.4 Å². The maximum atomic E-state index is 12.8. The number of anilines is 2. The molecule has 8 heteroatoms. The Morgan fingerprint density at radius 3 is 2.44 bits per heavy atom. The second-order valence-electron chi connectivity index (χ2n) is 6.27. The first kappa shape index (κ1) is 18.9. The summed E-state index contributed by atoms with van der Waals surface area (Å²) in [4.78, 5) is 25.2. The van der Waals surface area contributed by atoms with Gasteiger partial charge in [-0.05, 0) is 55.3 Å². The van der Waals surface area contributed by atoms with Crippen LogP contribution in [0.15, 0.2) is 47.4 Å². The third-order valence-corrected chi connectivity index (χ3v) is 5.93. The molecule has 7 nitrogen and oxygen atoms in total. The minimum Gasteiger partial charge on any atom is -0.465 e. The molecule has 0 aliphatic carbocycles. The quantitative estimate of drug-likeness (QED) is 0.795. The molecule has 0 spiro atoms. The summed E-state index contributed by atoms with van der Waals surface area (Å²) in [6.45, 7) is 2.32. The van der Waals surface area contributed by atoms with Gasteiger partial charge < -0.3 is 9.64 Å². The largest absolute Gasteiger partial charge is 0.465 e. The number of aryl methyl sites for hydroxylation is 1. The second-order valence-corrected chi connectivity index (χ2v) is 7.92. The van der Waals surface area contributed by atoms with Crippen molar-refractivity contribution in [3.63, 3.8) is 0 Å². The van der Waals surface area contributed by atoms with Gasteiger partial charge in [-0.2, -0.15) is 0 Å². The highest BCUT2D eigenvalue weighted by molar-refractivity contribution is 7.92. The number of ether oxygens (including phenoxy) is 1. The van der Waals surface area contributed by atoms with Gasteiger partial charge in [0.1, 0.15) is 0 Å². The van der Waals surface area contributed by atoms with Gasteiger partial charge in [0, 0.05) is 24.3 Å². The number of nitrogens with one attached hydrogen (secondary N) is 1. The second kappa shape index (κ2) is 7.40. The van der Waals surface area contributed by atoms with Gasteiger partial charge in [0.05, 0.1) is 17.6 Å². The number of sulfonamides is 1. The molecule has 1 amide bonds. The Kier molecular flexibility index (Phi) is 5.18. The maximum absolute atomic E-state index is 12.8. The van der Waals surface area contributed by atoms with Gasteiger partial charge in [0.25, 0.3) is 10.0 Å². The van der Waals surface area contributed by atoms with E-state index in [4.69, 9.17) is 0 Å². The number of amides is 1. The molecule has 0 saturated carbocycles. The number of carbonyl (C=O) groups is 2. The number of methoxy groups -OCH3 is 1. The number of nitrogens with zero attached hydrogens (tertiary/aromatic N) is 1. The van der Waals surface area contributed by atoms with Crippen molar-refractivity contribution in [1.82, 2.24) is 0 Å². The first-order valence-electron chi connectivity index (χ1n) is 8.44. The van der Waals surface area contributed by atoms with E-state index in [1.807, 2.05) is 0 Å². The van der Waals surface area contributed by atoms with Crippen molar-refractivity contribution >= 4 is 33.3 Å². The van der Waals surface area contributed by atoms with Crippen molar-refractivity contribution in [3.05, 3.63) is 53.6 Å². The van der Waals surface area contributed by atoms with Crippen molar-refractivity contribution < 1.29 is 22.7 Å². The molecule has 1 aliphatic rings. The zero-order valence-electron chi connectivity index (χ0n) is 15.1. The summed E-state index contributed by atoms with van der Waals surface area (Å²) in [5.74, 6) is -0.537. The average Bonchev–Trinajstić information content (AvgIpc) is 3.07. The molecule has 0 bridgehead atoms. The van der Waals surface area contributed by atoms with Crippen LogP contribution in [0.5, 0.6) is 0 Å². The molecular formula is C19H20N2O5S. The normalized spacial score (nSPS) is 14.3. The Hall–Kier alpha value is -2.87. The van der Waals surface area contributed by atoms with Crippen LogP contribution in [-0.2, 0) is 19.6 Å². The van der Waals surface area contributed by atoms with Crippen molar-refractivity contribution in [1.29, 1.82) is 0 Å². The van der Waals surface area contributed by atoms with Gasteiger partial charge in [0.15, 0.2) is 0 Å². The lowest BCUT2D eigenvalue weighted by Crippen LogP contribution is -2.23. The number of benzene rings is 2. The molecular weight excluding hydrogens is 368 g/mol. The summed E-state index contributed by atoms with van der Waals surface area (Å²) < 4.78 is 32.7. The summed E-state index contributed by atoms with van der Waals surface area (Å²) in [6.07, 6.45) is 1.35. The highest BCUT2D eigenvalue weighted by Gasteiger charge is 2.22. The third-order valence-electron chi connectivity index (χ3n) is 4.40. The van der Waals surface area contributed by atoms with Gasteiger partial charge in [0.2, 0.25) is 5.91 Å². The molecule has 0 atom stereocenters.